The van der Waals surface area contributed by atoms with Crippen LogP contribution in [0.3, 0.4) is 0 Å². The first kappa shape index (κ1) is 39.7. The van der Waals surface area contributed by atoms with Crippen LogP contribution < -0.4 is 15.9 Å². The van der Waals surface area contributed by atoms with Crippen molar-refractivity contribution in [3.8, 4) is 0 Å². The average molecular weight is 753 g/mol. The highest BCUT2D eigenvalue weighted by Crippen LogP contribution is 2.61. The number of halogens is 12. The summed E-state index contributed by atoms with van der Waals surface area (Å²) in [6.07, 6.45) is -21.3. The molecule has 0 saturated carbocycles. The monoisotopic (exact) mass is 752 g/mol. The molecule has 15 heteroatoms. The first-order chi connectivity index (χ1) is 23.3. The van der Waals surface area contributed by atoms with E-state index in [0.717, 1.165) is 0 Å². The average Bonchev–Trinajstić information content (AvgIpc) is 3.02. The molecular weight excluding hydrogens is 721 g/mol. The molecule has 274 valence electrons. The second-order valence-electron chi connectivity index (χ2n) is 13.1. The Morgan fingerprint density at radius 1 is 0.569 bits per heavy atom. The first-order valence-corrected chi connectivity index (χ1v) is 17.3. The minimum Gasteiger partial charge on any atom is -0.345 e. The van der Waals surface area contributed by atoms with Gasteiger partial charge in [0.2, 0.25) is 0 Å². The first-order valence-electron chi connectivity index (χ1n) is 15.2. The van der Waals surface area contributed by atoms with Crippen LogP contribution in [0, 0.1) is 5.41 Å². The summed E-state index contributed by atoms with van der Waals surface area (Å²) in [5.74, 6) is -1.29. The summed E-state index contributed by atoms with van der Waals surface area (Å²) in [4.78, 5) is 13.6. The highest BCUT2D eigenvalue weighted by atomic mass is 31.2. The maximum absolute atomic E-state index is 13.9. The van der Waals surface area contributed by atoms with Gasteiger partial charge in [0, 0.05) is 5.56 Å². The minimum atomic E-state index is -5.23. The summed E-state index contributed by atoms with van der Waals surface area (Å²) < 4.78 is 165. The normalized spacial score (nSPS) is 13.9. The van der Waals surface area contributed by atoms with E-state index >= 15 is 0 Å². The lowest BCUT2D eigenvalue weighted by atomic mass is 9.87. The predicted molar refractivity (Wildman–Crippen MR) is 171 cm³/mol. The lowest BCUT2D eigenvalue weighted by Gasteiger charge is -2.37. The minimum absolute atomic E-state index is 0.0110. The van der Waals surface area contributed by atoms with Gasteiger partial charge in [-0.15, -0.1) is 0 Å². The Hall–Kier alpha value is -4.06. The van der Waals surface area contributed by atoms with Crippen LogP contribution in [0.25, 0.3) is 0 Å². The van der Waals surface area contributed by atoms with E-state index in [0.29, 0.717) is 22.7 Å². The van der Waals surface area contributed by atoms with Crippen LogP contribution in [0.1, 0.15) is 58.9 Å². The van der Waals surface area contributed by atoms with E-state index < -0.39 is 77.1 Å². The maximum Gasteiger partial charge on any atom is 0.416 e. The summed E-state index contributed by atoms with van der Waals surface area (Å²) in [5.41, 5.74) is -8.74. The van der Waals surface area contributed by atoms with Crippen LogP contribution in [-0.4, -0.2) is 18.1 Å². The Balaban J connectivity index is 1.94. The summed E-state index contributed by atoms with van der Waals surface area (Å²) in [7, 11) is -3.25. The van der Waals surface area contributed by atoms with Crippen molar-refractivity contribution in [2.75, 3.05) is 6.16 Å². The summed E-state index contributed by atoms with van der Waals surface area (Å²) in [6.45, 7) is 4.88. The number of hydrogen-bond acceptors (Lipinski definition) is 1. The largest absolute Gasteiger partial charge is 0.416 e. The molecule has 0 unspecified atom stereocenters. The molecule has 0 aliphatic carbocycles. The molecule has 0 saturated heterocycles. The van der Waals surface area contributed by atoms with Crippen LogP contribution >= 0.6 is 7.26 Å². The third kappa shape index (κ3) is 9.64. The van der Waals surface area contributed by atoms with Gasteiger partial charge >= 0.3 is 24.7 Å². The maximum atomic E-state index is 13.9. The summed E-state index contributed by atoms with van der Waals surface area (Å²) >= 11 is 0. The van der Waals surface area contributed by atoms with Crippen molar-refractivity contribution in [2.45, 2.75) is 57.7 Å². The van der Waals surface area contributed by atoms with E-state index in [1.807, 2.05) is 0 Å². The van der Waals surface area contributed by atoms with E-state index in [2.05, 4.69) is 5.32 Å². The Kier molecular flexibility index (Phi) is 11.0. The zero-order valence-corrected chi connectivity index (χ0v) is 28.0. The number of amides is 1. The van der Waals surface area contributed by atoms with Crippen molar-refractivity contribution in [2.24, 2.45) is 5.41 Å². The Morgan fingerprint density at radius 2 is 0.922 bits per heavy atom. The molecule has 0 aliphatic heterocycles. The third-order valence-corrected chi connectivity index (χ3v) is 12.8. The predicted octanol–water partition coefficient (Wildman–Crippen LogP) is 10.8. The number of alkyl halides is 12. The summed E-state index contributed by atoms with van der Waals surface area (Å²) in [6, 6.07) is 16.9. The van der Waals surface area contributed by atoms with E-state index in [1.165, 1.54) is 0 Å². The fraction of sp³-hybridized carbons (Fsp3) is 0.306. The van der Waals surface area contributed by atoms with E-state index in [-0.39, 0.29) is 42.2 Å². The topological polar surface area (TPSA) is 29.1 Å². The van der Waals surface area contributed by atoms with Gasteiger partial charge in [-0.3, -0.25) is 4.79 Å². The van der Waals surface area contributed by atoms with Gasteiger partial charge in [-0.1, -0.05) is 57.2 Å². The van der Waals surface area contributed by atoms with Crippen LogP contribution in [-0.2, 0) is 30.9 Å². The van der Waals surface area contributed by atoms with Crippen molar-refractivity contribution in [3.63, 3.8) is 0 Å². The van der Waals surface area contributed by atoms with Crippen molar-refractivity contribution in [3.05, 3.63) is 130 Å². The molecule has 1 amide bonds. The van der Waals surface area contributed by atoms with Gasteiger partial charge in [0.1, 0.15) is 0 Å². The van der Waals surface area contributed by atoms with Gasteiger partial charge in [-0.05, 0) is 71.6 Å². The number of hydrogen-bond donors (Lipinski definition) is 1. The van der Waals surface area contributed by atoms with Crippen LogP contribution in [0.4, 0.5) is 52.7 Å². The third-order valence-electron chi connectivity index (χ3n) is 8.30. The molecule has 0 aliphatic rings. The molecule has 4 aromatic carbocycles. The van der Waals surface area contributed by atoms with Crippen molar-refractivity contribution in [1.29, 1.82) is 0 Å². The molecule has 1 atom stereocenters. The van der Waals surface area contributed by atoms with Crippen LogP contribution in [0.2, 0.25) is 0 Å². The summed E-state index contributed by atoms with van der Waals surface area (Å²) in [5, 5.41) is 3.61. The fourth-order valence-electron chi connectivity index (χ4n) is 5.63. The van der Waals surface area contributed by atoms with Crippen LogP contribution in [0.5, 0.6) is 0 Å². The van der Waals surface area contributed by atoms with E-state index in [9.17, 15) is 57.5 Å². The van der Waals surface area contributed by atoms with Gasteiger partial charge in [0.15, 0.2) is 0 Å². The highest BCUT2D eigenvalue weighted by Gasteiger charge is 2.49. The lowest BCUT2D eigenvalue weighted by molar-refractivity contribution is -0.144. The Bertz CT molecular complexity index is 1720. The quantitative estimate of drug-likeness (QED) is 0.141. The zero-order chi connectivity index (χ0) is 38.2. The highest BCUT2D eigenvalue weighted by molar-refractivity contribution is 7.88. The molecule has 4 rings (SSSR count). The molecule has 0 spiro atoms. The smallest absolute Gasteiger partial charge is 0.345 e. The number of rotatable bonds is 8. The Morgan fingerprint density at radius 3 is 1.25 bits per heavy atom. The van der Waals surface area contributed by atoms with E-state index in [4.69, 9.17) is 0 Å². The zero-order valence-electron chi connectivity index (χ0n) is 27.1. The number of carbonyl (C=O) groups excluding carboxylic acids is 1. The molecule has 1 N–H and O–H groups in total. The lowest BCUT2D eigenvalue weighted by Crippen LogP contribution is -2.49. The number of nitrogens with one attached hydrogen (secondary N) is 1. The number of benzene rings is 4. The SMILES string of the molecule is CC(C)(C)[C@@H](C[P+](Cc1cc(C(F)(F)F)cc(C(F)(F)F)c1)(c1ccccc1)c1ccccc1)NC(=O)c1cc(C(F)(F)F)cc(C(F)(F)F)c1. The van der Waals surface area contributed by atoms with Crippen molar-refractivity contribution < 1.29 is 57.5 Å². The molecule has 0 aromatic heterocycles. The molecular formula is C36H31F12NOP+. The number of carbonyl (C=O) groups is 1. The van der Waals surface area contributed by atoms with Crippen LogP contribution in [0.15, 0.2) is 97.1 Å². The molecule has 0 fully saturated rings. The molecule has 2 nitrogen and oxygen atoms in total. The second-order valence-corrected chi connectivity index (χ2v) is 16.7. The Labute approximate surface area is 286 Å². The van der Waals surface area contributed by atoms with Crippen molar-refractivity contribution >= 4 is 23.8 Å². The standard InChI is InChI=1S/C36H30F12NOP/c1-32(2,3)30(49-31(50)23-16-26(35(43,44)45)19-27(17-23)36(46,47)48)21-51(28-10-6-4-7-11-28,29-12-8-5-9-13-29)20-22-14-24(33(37,38)39)18-25(15-22)34(40,41)42/h4-19,30H,20-21H2,1-3H3/p+1/t30-/m1/s1. The van der Waals surface area contributed by atoms with Gasteiger partial charge in [-0.2, -0.15) is 52.7 Å². The van der Waals surface area contributed by atoms with Gasteiger partial charge < -0.3 is 5.32 Å². The van der Waals surface area contributed by atoms with Gasteiger partial charge in [-0.25, -0.2) is 0 Å². The van der Waals surface area contributed by atoms with Crippen molar-refractivity contribution in [1.82, 2.24) is 5.32 Å². The fourth-order valence-corrected chi connectivity index (χ4v) is 10.4. The van der Waals surface area contributed by atoms with Gasteiger partial charge in [0.25, 0.3) is 5.91 Å². The van der Waals surface area contributed by atoms with E-state index in [1.54, 1.807) is 81.4 Å². The molecule has 0 radical (unpaired) electrons. The second kappa shape index (κ2) is 14.2. The molecule has 0 bridgehead atoms. The molecule has 0 heterocycles. The molecule has 51 heavy (non-hydrogen) atoms. The molecule has 4 aromatic rings. The van der Waals surface area contributed by atoms with Gasteiger partial charge in [0.05, 0.1) is 58.5 Å².